The normalized spacial score (nSPS) is 20.5. The molecule has 0 N–H and O–H groups in total. The van der Waals surface area contributed by atoms with Crippen molar-refractivity contribution in [1.82, 2.24) is 0 Å². The smallest absolute Gasteiger partial charge is 0.380 e. The standard InChI is InChI=1S/C16H8O4/c17-12-7-10-5-8-3-1-2-4-9(8)6-11(10)13-14(18)16(19)20-15(12)13/h1-7,15H. The Bertz CT molecular complexity index is 937. The minimum atomic E-state index is -1.07. The molecule has 1 atom stereocenters. The predicted octanol–water partition coefficient (Wildman–Crippen LogP) is -0.152. The molecule has 0 aromatic heterocycles. The molecule has 4 rings (SSSR count). The van der Waals surface area contributed by atoms with Crippen LogP contribution < -0.4 is 10.4 Å². The fraction of sp³-hybridized carbons (Fsp3) is 0.0625. The van der Waals surface area contributed by atoms with Crippen molar-refractivity contribution in [2.75, 3.05) is 0 Å². The summed E-state index contributed by atoms with van der Waals surface area (Å²) in [5.41, 5.74) is 0.170. The van der Waals surface area contributed by atoms with Crippen molar-refractivity contribution >= 4 is 40.0 Å². The molecule has 2 aliphatic rings. The minimum absolute atomic E-state index is 0.170. The molecule has 2 aromatic carbocycles. The number of hydrogen-bond donors (Lipinski definition) is 0. The summed E-state index contributed by atoms with van der Waals surface area (Å²) >= 11 is 0. The van der Waals surface area contributed by atoms with Crippen molar-refractivity contribution in [2.45, 2.75) is 6.10 Å². The fourth-order valence-corrected chi connectivity index (χ4v) is 2.75. The van der Waals surface area contributed by atoms with Gasteiger partial charge in [-0.05, 0) is 39.4 Å². The van der Waals surface area contributed by atoms with Crippen LogP contribution in [0.1, 0.15) is 0 Å². The largest absolute Gasteiger partial charge is 0.443 e. The van der Waals surface area contributed by atoms with Crippen molar-refractivity contribution in [3.63, 3.8) is 0 Å². The van der Waals surface area contributed by atoms with Gasteiger partial charge in [0.2, 0.25) is 5.78 Å². The second kappa shape index (κ2) is 3.63. The zero-order valence-corrected chi connectivity index (χ0v) is 10.3. The summed E-state index contributed by atoms with van der Waals surface area (Å²) in [6.07, 6.45) is 0.366. The van der Waals surface area contributed by atoms with Gasteiger partial charge in [0.05, 0.1) is 5.57 Å². The van der Waals surface area contributed by atoms with Gasteiger partial charge < -0.3 is 4.74 Å². The summed E-state index contributed by atoms with van der Waals surface area (Å²) in [6, 6.07) is 11.3. The number of rotatable bonds is 0. The highest BCUT2D eigenvalue weighted by Gasteiger charge is 2.43. The van der Waals surface area contributed by atoms with Gasteiger partial charge in [-0.1, -0.05) is 24.3 Å². The molecule has 1 aliphatic heterocycles. The van der Waals surface area contributed by atoms with E-state index < -0.39 is 17.9 Å². The van der Waals surface area contributed by atoms with E-state index in [0.717, 1.165) is 10.8 Å². The molecule has 0 saturated carbocycles. The number of esters is 1. The molecular formula is C16H8O4. The lowest BCUT2D eigenvalue weighted by atomic mass is 9.93. The number of Topliss-reactive ketones (excluding diaryl/α,β-unsaturated/α-hetero) is 2. The van der Waals surface area contributed by atoms with Crippen LogP contribution in [0.2, 0.25) is 0 Å². The number of hydrogen-bond acceptors (Lipinski definition) is 4. The highest BCUT2D eigenvalue weighted by atomic mass is 16.6. The highest BCUT2D eigenvalue weighted by molar-refractivity contribution is 6.55. The average molecular weight is 264 g/mol. The van der Waals surface area contributed by atoms with Gasteiger partial charge >= 0.3 is 5.97 Å². The van der Waals surface area contributed by atoms with Crippen molar-refractivity contribution in [2.24, 2.45) is 0 Å². The van der Waals surface area contributed by atoms with Crippen LogP contribution in [0.15, 0.2) is 36.4 Å². The van der Waals surface area contributed by atoms with Crippen molar-refractivity contribution in [3.8, 4) is 0 Å². The van der Waals surface area contributed by atoms with Crippen LogP contribution in [0.5, 0.6) is 0 Å². The van der Waals surface area contributed by atoms with Crippen molar-refractivity contribution in [1.29, 1.82) is 0 Å². The second-order valence-corrected chi connectivity index (χ2v) is 4.86. The summed E-state index contributed by atoms with van der Waals surface area (Å²) in [5.74, 6) is -2.03. The Hall–Kier alpha value is -2.75. The lowest BCUT2D eigenvalue weighted by molar-refractivity contribution is -0.150. The third-order valence-electron chi connectivity index (χ3n) is 3.68. The first kappa shape index (κ1) is 11.1. The molecule has 1 aliphatic carbocycles. The van der Waals surface area contributed by atoms with E-state index in [9.17, 15) is 14.4 Å². The molecule has 1 heterocycles. The molecule has 0 bridgehead atoms. The minimum Gasteiger partial charge on any atom is -0.443 e. The maximum Gasteiger partial charge on any atom is 0.380 e. The summed E-state index contributed by atoms with van der Waals surface area (Å²) in [6.45, 7) is 0. The zero-order valence-electron chi connectivity index (χ0n) is 10.3. The number of benzene rings is 2. The van der Waals surface area contributed by atoms with E-state index >= 15 is 0 Å². The Morgan fingerprint density at radius 2 is 1.65 bits per heavy atom. The maximum absolute atomic E-state index is 12.0. The van der Waals surface area contributed by atoms with E-state index in [1.165, 1.54) is 6.08 Å². The number of fused-ring (bicyclic) bond motifs is 3. The first-order valence-electron chi connectivity index (χ1n) is 6.19. The molecule has 4 heteroatoms. The summed E-state index contributed by atoms with van der Waals surface area (Å²) in [5, 5.41) is 3.20. The molecule has 2 aromatic rings. The molecule has 1 saturated heterocycles. The zero-order chi connectivity index (χ0) is 13.9. The van der Waals surface area contributed by atoms with Gasteiger partial charge in [-0.3, -0.25) is 9.59 Å². The highest BCUT2D eigenvalue weighted by Crippen LogP contribution is 2.21. The van der Waals surface area contributed by atoms with Crippen LogP contribution in [0, 0.1) is 0 Å². The molecule has 1 fully saturated rings. The van der Waals surface area contributed by atoms with Crippen LogP contribution in [0.25, 0.3) is 22.4 Å². The summed E-state index contributed by atoms with van der Waals surface area (Å²) in [7, 11) is 0. The molecule has 0 radical (unpaired) electrons. The molecule has 0 spiro atoms. The molecule has 0 amide bonds. The molecule has 1 unspecified atom stereocenters. The van der Waals surface area contributed by atoms with Gasteiger partial charge in [0.25, 0.3) is 5.78 Å². The van der Waals surface area contributed by atoms with E-state index in [-0.39, 0.29) is 11.4 Å². The first-order valence-corrected chi connectivity index (χ1v) is 6.19. The predicted molar refractivity (Wildman–Crippen MR) is 71.0 cm³/mol. The lowest BCUT2D eigenvalue weighted by Gasteiger charge is -2.11. The van der Waals surface area contributed by atoms with Crippen LogP contribution in [0.3, 0.4) is 0 Å². The van der Waals surface area contributed by atoms with Crippen LogP contribution in [-0.2, 0) is 19.1 Å². The molecule has 20 heavy (non-hydrogen) atoms. The van der Waals surface area contributed by atoms with Gasteiger partial charge in [-0.2, -0.15) is 0 Å². The third-order valence-corrected chi connectivity index (χ3v) is 3.68. The number of carbonyl (C=O) groups is 3. The third kappa shape index (κ3) is 1.33. The van der Waals surface area contributed by atoms with E-state index in [0.29, 0.717) is 10.4 Å². The monoisotopic (exact) mass is 264 g/mol. The van der Waals surface area contributed by atoms with Gasteiger partial charge in [0.15, 0.2) is 6.10 Å². The number of carbonyl (C=O) groups excluding carboxylic acids is 3. The fourth-order valence-electron chi connectivity index (χ4n) is 2.75. The quantitative estimate of drug-likeness (QED) is 0.490. The van der Waals surface area contributed by atoms with Crippen LogP contribution in [-0.4, -0.2) is 23.6 Å². The SMILES string of the molecule is O=C1OC2C(=O)C=c3cc4ccccc4cc3=C2C1=O. The van der Waals surface area contributed by atoms with E-state index in [2.05, 4.69) is 0 Å². The topological polar surface area (TPSA) is 60.4 Å². The van der Waals surface area contributed by atoms with Gasteiger partial charge in [0, 0.05) is 0 Å². The van der Waals surface area contributed by atoms with E-state index in [1.54, 1.807) is 0 Å². The van der Waals surface area contributed by atoms with Gasteiger partial charge in [0.1, 0.15) is 0 Å². The molecular weight excluding hydrogens is 256 g/mol. The van der Waals surface area contributed by atoms with Crippen LogP contribution >= 0.6 is 0 Å². The van der Waals surface area contributed by atoms with E-state index in [4.69, 9.17) is 4.74 Å². The Morgan fingerprint density at radius 1 is 0.950 bits per heavy atom. The maximum atomic E-state index is 12.0. The number of ether oxygens (including phenoxy) is 1. The van der Waals surface area contributed by atoms with Gasteiger partial charge in [-0.15, -0.1) is 0 Å². The molecule has 96 valence electrons. The van der Waals surface area contributed by atoms with Crippen molar-refractivity contribution in [3.05, 3.63) is 46.8 Å². The summed E-state index contributed by atoms with van der Waals surface area (Å²) < 4.78 is 4.85. The summed E-state index contributed by atoms with van der Waals surface area (Å²) in [4.78, 5) is 35.3. The van der Waals surface area contributed by atoms with E-state index in [1.807, 2.05) is 36.4 Å². The van der Waals surface area contributed by atoms with Crippen molar-refractivity contribution < 1.29 is 19.1 Å². The Labute approximate surface area is 113 Å². The average Bonchev–Trinajstić information content (AvgIpc) is 2.74. The molecule has 4 nitrogen and oxygen atoms in total. The first-order chi connectivity index (χ1) is 9.65. The van der Waals surface area contributed by atoms with Crippen LogP contribution in [0.4, 0.5) is 0 Å². The number of ketones is 2. The second-order valence-electron chi connectivity index (χ2n) is 4.86. The lowest BCUT2D eigenvalue weighted by Crippen LogP contribution is -2.39. The Morgan fingerprint density at radius 3 is 2.40 bits per heavy atom. The van der Waals surface area contributed by atoms with Gasteiger partial charge in [-0.25, -0.2) is 4.79 Å². The Balaban J connectivity index is 2.21. The Kier molecular flexibility index (Phi) is 2.02.